The van der Waals surface area contributed by atoms with Crippen molar-refractivity contribution in [1.29, 1.82) is 0 Å². The number of hydrogen-bond donors (Lipinski definition) is 2. The summed E-state index contributed by atoms with van der Waals surface area (Å²) in [7, 11) is 0. The summed E-state index contributed by atoms with van der Waals surface area (Å²) < 4.78 is 0. The van der Waals surface area contributed by atoms with E-state index in [1.165, 1.54) is 0 Å². The largest absolute Gasteiger partial charge is 0.330 e. The first-order valence-electron chi connectivity index (χ1n) is 3.91. The van der Waals surface area contributed by atoms with E-state index in [4.69, 9.17) is 5.73 Å². The van der Waals surface area contributed by atoms with E-state index in [9.17, 15) is 0 Å². The molecule has 0 atom stereocenters. The Hall–Kier alpha value is -0.120. The van der Waals surface area contributed by atoms with E-state index in [1.807, 2.05) is 0 Å². The third-order valence-electron chi connectivity index (χ3n) is 1.72. The highest BCUT2D eigenvalue weighted by Gasteiger charge is 2.07. The van der Waals surface area contributed by atoms with E-state index in [1.54, 1.807) is 0 Å². The highest BCUT2D eigenvalue weighted by atomic mass is 15.2. The molecule has 0 spiro atoms. The maximum Gasteiger partial charge on any atom is 0.0389 e. The molecule has 3 heteroatoms. The number of hydrogen-bond acceptors (Lipinski definition) is 3. The molecule has 0 bridgehead atoms. The summed E-state index contributed by atoms with van der Waals surface area (Å²) in [6, 6.07) is 0. The zero-order valence-corrected chi connectivity index (χ0v) is 6.34. The minimum atomic E-state index is 0.803. The van der Waals surface area contributed by atoms with Gasteiger partial charge in [-0.2, -0.15) is 0 Å². The lowest BCUT2D eigenvalue weighted by Gasteiger charge is -2.26. The van der Waals surface area contributed by atoms with Gasteiger partial charge in [-0.25, -0.2) is 0 Å². The van der Waals surface area contributed by atoms with Crippen molar-refractivity contribution in [3.8, 4) is 0 Å². The van der Waals surface area contributed by atoms with Crippen LogP contribution in [0.25, 0.3) is 0 Å². The lowest BCUT2D eigenvalue weighted by molar-refractivity contribution is 0.291. The van der Waals surface area contributed by atoms with Gasteiger partial charge in [0.05, 0.1) is 0 Å². The first-order chi connectivity index (χ1) is 4.93. The Bertz CT molecular complexity index is 78.9. The van der Waals surface area contributed by atoms with Crippen molar-refractivity contribution in [2.24, 2.45) is 5.73 Å². The smallest absolute Gasteiger partial charge is 0.0389 e. The summed E-state index contributed by atoms with van der Waals surface area (Å²) in [5, 5.41) is 3.26. The Morgan fingerprint density at radius 1 is 1.60 bits per heavy atom. The Balaban J connectivity index is 2.02. The summed E-state index contributed by atoms with van der Waals surface area (Å²) in [6.07, 6.45) is 1.11. The van der Waals surface area contributed by atoms with Crippen molar-refractivity contribution in [3.05, 3.63) is 6.54 Å². The number of rotatable bonds is 3. The molecule has 1 rings (SSSR count). The van der Waals surface area contributed by atoms with Gasteiger partial charge in [-0.3, -0.25) is 4.90 Å². The minimum Gasteiger partial charge on any atom is -0.330 e. The van der Waals surface area contributed by atoms with Crippen molar-refractivity contribution in [2.75, 3.05) is 32.7 Å². The van der Waals surface area contributed by atoms with Crippen LogP contribution in [0.3, 0.4) is 0 Å². The molecule has 0 unspecified atom stereocenters. The third-order valence-corrected chi connectivity index (χ3v) is 1.72. The van der Waals surface area contributed by atoms with E-state index < -0.39 is 0 Å². The molecule has 1 saturated heterocycles. The van der Waals surface area contributed by atoms with Crippen LogP contribution in [-0.2, 0) is 0 Å². The fourth-order valence-electron chi connectivity index (χ4n) is 1.11. The topological polar surface area (TPSA) is 41.3 Å². The van der Waals surface area contributed by atoms with Gasteiger partial charge in [-0.15, -0.1) is 0 Å². The first-order valence-corrected chi connectivity index (χ1v) is 3.91. The van der Waals surface area contributed by atoms with Crippen LogP contribution in [0, 0.1) is 6.54 Å². The van der Waals surface area contributed by atoms with Crippen LogP contribution in [0.1, 0.15) is 6.42 Å². The van der Waals surface area contributed by atoms with E-state index in [2.05, 4.69) is 16.8 Å². The summed E-state index contributed by atoms with van der Waals surface area (Å²) in [6.45, 7) is 7.40. The highest BCUT2D eigenvalue weighted by Crippen LogP contribution is 1.96. The maximum absolute atomic E-state index is 5.39. The molecule has 1 radical (unpaired) electrons. The Morgan fingerprint density at radius 3 is 3.10 bits per heavy atom. The standard InChI is InChI=1S/C7H16N3/c8-2-1-5-10-6-3-9-4-7-10/h6,9H,1-5,7-8H2. The van der Waals surface area contributed by atoms with Gasteiger partial charge < -0.3 is 11.1 Å². The van der Waals surface area contributed by atoms with Gasteiger partial charge >= 0.3 is 0 Å². The first kappa shape index (κ1) is 7.98. The molecule has 0 aromatic carbocycles. The molecule has 0 saturated carbocycles. The van der Waals surface area contributed by atoms with Crippen molar-refractivity contribution in [3.63, 3.8) is 0 Å². The fraction of sp³-hybridized carbons (Fsp3) is 0.857. The number of nitrogens with two attached hydrogens (primary N) is 1. The van der Waals surface area contributed by atoms with Crippen molar-refractivity contribution in [2.45, 2.75) is 6.42 Å². The molecule has 1 heterocycles. The van der Waals surface area contributed by atoms with Crippen LogP contribution in [0.15, 0.2) is 0 Å². The average Bonchev–Trinajstić information content (AvgIpc) is 2.03. The zero-order chi connectivity index (χ0) is 7.23. The SMILES string of the molecule is NCCCN1[CH]CNCC1. The molecule has 1 aliphatic rings. The molecule has 1 aliphatic heterocycles. The van der Waals surface area contributed by atoms with Crippen LogP contribution in [0.4, 0.5) is 0 Å². The molecule has 0 aliphatic carbocycles. The molecular weight excluding hydrogens is 126 g/mol. The van der Waals surface area contributed by atoms with Gasteiger partial charge in [0.25, 0.3) is 0 Å². The lowest BCUT2D eigenvalue weighted by Crippen LogP contribution is -2.40. The summed E-state index contributed by atoms with van der Waals surface area (Å²) in [5.41, 5.74) is 5.39. The predicted molar refractivity (Wildman–Crippen MR) is 42.4 cm³/mol. The zero-order valence-electron chi connectivity index (χ0n) is 6.34. The molecular formula is C7H16N3. The second-order valence-electron chi connectivity index (χ2n) is 2.56. The van der Waals surface area contributed by atoms with Crippen LogP contribution >= 0.6 is 0 Å². The number of nitrogens with zero attached hydrogens (tertiary/aromatic N) is 1. The van der Waals surface area contributed by atoms with Gasteiger partial charge in [0, 0.05) is 26.2 Å². The second-order valence-corrected chi connectivity index (χ2v) is 2.56. The summed E-state index contributed by atoms with van der Waals surface area (Å²) in [5.74, 6) is 0. The van der Waals surface area contributed by atoms with Gasteiger partial charge in [0.1, 0.15) is 0 Å². The molecule has 59 valence electrons. The molecule has 1 fully saturated rings. The Labute approximate surface area is 62.6 Å². The number of nitrogens with one attached hydrogen (secondary N) is 1. The van der Waals surface area contributed by atoms with Crippen molar-refractivity contribution in [1.82, 2.24) is 10.2 Å². The fourth-order valence-corrected chi connectivity index (χ4v) is 1.11. The van der Waals surface area contributed by atoms with Crippen molar-refractivity contribution < 1.29 is 0 Å². The Morgan fingerprint density at radius 2 is 2.50 bits per heavy atom. The predicted octanol–water partition coefficient (Wildman–Crippen LogP) is -0.598. The number of piperazine rings is 1. The van der Waals surface area contributed by atoms with E-state index in [0.29, 0.717) is 0 Å². The van der Waals surface area contributed by atoms with Gasteiger partial charge in [-0.1, -0.05) is 0 Å². The molecule has 3 nitrogen and oxygen atoms in total. The second kappa shape index (κ2) is 4.66. The van der Waals surface area contributed by atoms with E-state index in [0.717, 1.165) is 39.1 Å². The Kier molecular flexibility index (Phi) is 3.72. The van der Waals surface area contributed by atoms with Crippen molar-refractivity contribution >= 4 is 0 Å². The summed E-state index contributed by atoms with van der Waals surface area (Å²) in [4.78, 5) is 2.34. The van der Waals surface area contributed by atoms with E-state index >= 15 is 0 Å². The molecule has 0 aromatic heterocycles. The molecule has 10 heavy (non-hydrogen) atoms. The van der Waals surface area contributed by atoms with E-state index in [-0.39, 0.29) is 0 Å². The highest BCUT2D eigenvalue weighted by molar-refractivity contribution is 4.77. The lowest BCUT2D eigenvalue weighted by atomic mass is 10.3. The molecule has 0 aromatic rings. The molecule has 0 amide bonds. The van der Waals surface area contributed by atoms with Crippen LogP contribution in [0.5, 0.6) is 0 Å². The maximum atomic E-state index is 5.39. The average molecular weight is 142 g/mol. The third kappa shape index (κ3) is 2.64. The van der Waals surface area contributed by atoms with Crippen LogP contribution in [-0.4, -0.2) is 37.6 Å². The monoisotopic (exact) mass is 142 g/mol. The normalized spacial score (nSPS) is 21.3. The molecule has 3 N–H and O–H groups in total. The van der Waals surface area contributed by atoms with Gasteiger partial charge in [-0.05, 0) is 19.5 Å². The van der Waals surface area contributed by atoms with Crippen LogP contribution < -0.4 is 11.1 Å². The quantitative estimate of drug-likeness (QED) is 0.553. The van der Waals surface area contributed by atoms with Crippen LogP contribution in [0.2, 0.25) is 0 Å². The minimum absolute atomic E-state index is 0.803. The summed E-state index contributed by atoms with van der Waals surface area (Å²) >= 11 is 0. The van der Waals surface area contributed by atoms with Gasteiger partial charge in [0.15, 0.2) is 0 Å². The van der Waals surface area contributed by atoms with Gasteiger partial charge in [0.2, 0.25) is 0 Å².